The number of fused-ring (bicyclic) bond motifs is 2. The topological polar surface area (TPSA) is 85.6 Å². The summed E-state index contributed by atoms with van der Waals surface area (Å²) in [6, 6.07) is 15.7. The van der Waals surface area contributed by atoms with Gasteiger partial charge in [-0.25, -0.2) is 4.79 Å². The van der Waals surface area contributed by atoms with E-state index >= 15 is 0 Å². The maximum atomic E-state index is 12.6. The number of benzene rings is 2. The Morgan fingerprint density at radius 1 is 1.14 bits per heavy atom. The van der Waals surface area contributed by atoms with E-state index < -0.39 is 12.1 Å². The largest absolute Gasteiger partial charge is 0.449 e. The molecule has 1 amide bonds. The highest BCUT2D eigenvalue weighted by Crippen LogP contribution is 2.29. The second kappa shape index (κ2) is 7.91. The smallest absolute Gasteiger partial charge is 0.375 e. The molecular formula is C23H21NO5. The minimum Gasteiger partial charge on any atom is -0.449 e. The lowest BCUT2D eigenvalue weighted by molar-refractivity contribution is -0.130. The summed E-state index contributed by atoms with van der Waals surface area (Å²) in [6.45, 7) is 1.50. The minimum atomic E-state index is -1.02. The Morgan fingerprint density at radius 2 is 1.90 bits per heavy atom. The summed E-state index contributed by atoms with van der Waals surface area (Å²) in [5, 5.41) is 3.34. The summed E-state index contributed by atoms with van der Waals surface area (Å²) in [6.07, 6.45) is 1.79. The van der Waals surface area contributed by atoms with Gasteiger partial charge in [0.2, 0.25) is 5.76 Å². The van der Waals surface area contributed by atoms with E-state index in [1.165, 1.54) is 12.5 Å². The maximum Gasteiger partial charge on any atom is 0.375 e. The molecule has 2 atom stereocenters. The molecule has 148 valence electrons. The van der Waals surface area contributed by atoms with E-state index in [-0.39, 0.29) is 23.1 Å². The first-order chi connectivity index (χ1) is 14.0. The van der Waals surface area contributed by atoms with E-state index in [1.54, 1.807) is 24.3 Å². The van der Waals surface area contributed by atoms with Crippen LogP contribution in [0.15, 0.2) is 63.8 Å². The first kappa shape index (κ1) is 18.9. The van der Waals surface area contributed by atoms with Gasteiger partial charge in [-0.2, -0.15) is 0 Å². The lowest BCUT2D eigenvalue weighted by Crippen LogP contribution is -2.39. The van der Waals surface area contributed by atoms with Crippen molar-refractivity contribution >= 4 is 22.8 Å². The van der Waals surface area contributed by atoms with Crippen LogP contribution in [0, 0.1) is 0 Å². The Hall–Kier alpha value is -3.41. The van der Waals surface area contributed by atoms with Gasteiger partial charge in [-0.1, -0.05) is 36.4 Å². The monoisotopic (exact) mass is 391 g/mol. The number of hydrogen-bond acceptors (Lipinski definition) is 5. The maximum absolute atomic E-state index is 12.6. The van der Waals surface area contributed by atoms with Crippen molar-refractivity contribution < 1.29 is 18.7 Å². The minimum absolute atomic E-state index is 0.104. The van der Waals surface area contributed by atoms with Gasteiger partial charge in [0.15, 0.2) is 11.5 Å². The van der Waals surface area contributed by atoms with Crippen LogP contribution in [0.25, 0.3) is 11.0 Å². The lowest BCUT2D eigenvalue weighted by Gasteiger charge is -2.27. The Labute approximate surface area is 167 Å². The average molecular weight is 391 g/mol. The van der Waals surface area contributed by atoms with Crippen molar-refractivity contribution in [2.45, 2.75) is 38.3 Å². The highest BCUT2D eigenvalue weighted by molar-refractivity contribution is 5.91. The van der Waals surface area contributed by atoms with Crippen LogP contribution >= 0.6 is 0 Å². The molecule has 4 rings (SSSR count). The third kappa shape index (κ3) is 3.92. The molecule has 0 fully saturated rings. The van der Waals surface area contributed by atoms with Gasteiger partial charge >= 0.3 is 5.97 Å². The van der Waals surface area contributed by atoms with Crippen LogP contribution in [-0.2, 0) is 16.0 Å². The SMILES string of the molecule is C[C@H](OC(=O)c1cc(=O)c2ccccc2o1)C(=O)N[C@H]1CCCc2ccccc21. The van der Waals surface area contributed by atoms with E-state index in [0.29, 0.717) is 11.0 Å². The zero-order chi connectivity index (χ0) is 20.4. The first-order valence-corrected chi connectivity index (χ1v) is 9.65. The Morgan fingerprint density at radius 3 is 2.76 bits per heavy atom. The third-order valence-electron chi connectivity index (χ3n) is 5.17. The molecule has 29 heavy (non-hydrogen) atoms. The van der Waals surface area contributed by atoms with Gasteiger partial charge in [0, 0.05) is 6.07 Å². The highest BCUT2D eigenvalue weighted by Gasteiger charge is 2.26. The molecule has 1 aliphatic carbocycles. The summed E-state index contributed by atoms with van der Waals surface area (Å²) < 4.78 is 10.7. The molecule has 6 nitrogen and oxygen atoms in total. The van der Waals surface area contributed by atoms with Gasteiger partial charge in [-0.15, -0.1) is 0 Å². The van der Waals surface area contributed by atoms with Gasteiger partial charge in [-0.3, -0.25) is 9.59 Å². The van der Waals surface area contributed by atoms with Crippen LogP contribution in [0.1, 0.15) is 47.5 Å². The Balaban J connectivity index is 1.45. The second-order valence-electron chi connectivity index (χ2n) is 7.17. The van der Waals surface area contributed by atoms with Crippen molar-refractivity contribution in [2.75, 3.05) is 0 Å². The van der Waals surface area contributed by atoms with Crippen LogP contribution in [0.3, 0.4) is 0 Å². The Kier molecular flexibility index (Phi) is 5.16. The van der Waals surface area contributed by atoms with Crippen LogP contribution in [0.2, 0.25) is 0 Å². The molecule has 0 saturated heterocycles. The fraction of sp³-hybridized carbons (Fsp3) is 0.261. The van der Waals surface area contributed by atoms with Crippen molar-refractivity contribution in [3.8, 4) is 0 Å². The second-order valence-corrected chi connectivity index (χ2v) is 7.17. The first-order valence-electron chi connectivity index (χ1n) is 9.65. The van der Waals surface area contributed by atoms with Gasteiger partial charge in [0.05, 0.1) is 11.4 Å². The molecule has 1 heterocycles. The van der Waals surface area contributed by atoms with Crippen molar-refractivity contribution in [2.24, 2.45) is 0 Å². The molecule has 1 N–H and O–H groups in total. The van der Waals surface area contributed by atoms with Crippen LogP contribution < -0.4 is 10.7 Å². The molecule has 0 radical (unpaired) electrons. The summed E-state index contributed by atoms with van der Waals surface area (Å²) in [7, 11) is 0. The highest BCUT2D eigenvalue weighted by atomic mass is 16.6. The third-order valence-corrected chi connectivity index (χ3v) is 5.17. The molecular weight excluding hydrogens is 370 g/mol. The number of amides is 1. The zero-order valence-electron chi connectivity index (χ0n) is 16.0. The summed E-state index contributed by atoms with van der Waals surface area (Å²) >= 11 is 0. The number of aryl methyl sites for hydroxylation is 1. The number of carbonyl (C=O) groups excluding carboxylic acids is 2. The molecule has 0 bridgehead atoms. The molecule has 0 unspecified atom stereocenters. The number of ether oxygens (including phenoxy) is 1. The standard InChI is InChI=1S/C23H21NO5/c1-14(22(26)24-18-11-6-8-15-7-2-3-9-16(15)18)28-23(27)21-13-19(25)17-10-4-5-12-20(17)29-21/h2-5,7,9-10,12-14,18H,6,8,11H2,1H3,(H,24,26)/t14-,18-/m0/s1. The molecule has 3 aromatic rings. The van der Waals surface area contributed by atoms with E-state index in [1.807, 2.05) is 18.2 Å². The number of para-hydroxylation sites is 1. The number of nitrogens with one attached hydrogen (secondary N) is 1. The average Bonchev–Trinajstić information content (AvgIpc) is 2.74. The Bertz CT molecular complexity index is 1130. The number of esters is 1. The van der Waals surface area contributed by atoms with Crippen LogP contribution in [0.4, 0.5) is 0 Å². The van der Waals surface area contributed by atoms with E-state index in [0.717, 1.165) is 30.9 Å². The van der Waals surface area contributed by atoms with E-state index in [2.05, 4.69) is 11.4 Å². The molecule has 1 aliphatic rings. The predicted octanol–water partition coefficient (Wildman–Crippen LogP) is 3.53. The number of carbonyl (C=O) groups is 2. The fourth-order valence-electron chi connectivity index (χ4n) is 3.67. The van der Waals surface area contributed by atoms with Crippen LogP contribution in [-0.4, -0.2) is 18.0 Å². The quantitative estimate of drug-likeness (QED) is 0.688. The summed E-state index contributed by atoms with van der Waals surface area (Å²) in [4.78, 5) is 37.2. The molecule has 2 aromatic carbocycles. The van der Waals surface area contributed by atoms with E-state index in [4.69, 9.17) is 9.15 Å². The van der Waals surface area contributed by atoms with Crippen molar-refractivity contribution in [1.82, 2.24) is 5.32 Å². The summed E-state index contributed by atoms with van der Waals surface area (Å²) in [5.41, 5.74) is 2.29. The van der Waals surface area contributed by atoms with Crippen molar-refractivity contribution in [1.29, 1.82) is 0 Å². The van der Waals surface area contributed by atoms with Gasteiger partial charge in [-0.05, 0) is 49.4 Å². The normalized spacial score (nSPS) is 16.7. The molecule has 0 spiro atoms. The molecule has 1 aromatic heterocycles. The van der Waals surface area contributed by atoms with Crippen LogP contribution in [0.5, 0.6) is 0 Å². The van der Waals surface area contributed by atoms with E-state index in [9.17, 15) is 14.4 Å². The van der Waals surface area contributed by atoms with Gasteiger partial charge in [0.1, 0.15) is 5.58 Å². The van der Waals surface area contributed by atoms with Gasteiger partial charge in [0.25, 0.3) is 5.91 Å². The lowest BCUT2D eigenvalue weighted by atomic mass is 9.87. The number of hydrogen-bond donors (Lipinski definition) is 1. The van der Waals surface area contributed by atoms with Crippen molar-refractivity contribution in [3.05, 3.63) is 81.7 Å². The van der Waals surface area contributed by atoms with Crippen molar-refractivity contribution in [3.63, 3.8) is 0 Å². The molecule has 0 aliphatic heterocycles. The summed E-state index contributed by atoms with van der Waals surface area (Å²) in [5.74, 6) is -1.46. The fourth-order valence-corrected chi connectivity index (χ4v) is 3.67. The molecule has 6 heteroatoms. The zero-order valence-corrected chi connectivity index (χ0v) is 16.0. The predicted molar refractivity (Wildman–Crippen MR) is 108 cm³/mol. The molecule has 0 saturated carbocycles. The van der Waals surface area contributed by atoms with Gasteiger partial charge < -0.3 is 14.5 Å². The number of rotatable bonds is 4.